The van der Waals surface area contributed by atoms with Gasteiger partial charge in [0, 0.05) is 25.2 Å². The minimum atomic E-state index is 0.0728. The first-order valence-corrected chi connectivity index (χ1v) is 7.36. The van der Waals surface area contributed by atoms with Crippen LogP contribution in [-0.4, -0.2) is 48.6 Å². The summed E-state index contributed by atoms with van der Waals surface area (Å²) in [6, 6.07) is 4.81. The van der Waals surface area contributed by atoms with E-state index in [-0.39, 0.29) is 12.1 Å². The minimum Gasteiger partial charge on any atom is -0.468 e. The van der Waals surface area contributed by atoms with E-state index in [1.165, 1.54) is 6.42 Å². The van der Waals surface area contributed by atoms with Gasteiger partial charge in [0.1, 0.15) is 5.76 Å². The summed E-state index contributed by atoms with van der Waals surface area (Å²) in [6.45, 7) is 7.71. The zero-order chi connectivity index (χ0) is 13.8. The van der Waals surface area contributed by atoms with E-state index in [9.17, 15) is 0 Å². The monoisotopic (exact) mass is 265 g/mol. The highest BCUT2D eigenvalue weighted by Crippen LogP contribution is 2.28. The maximum absolute atomic E-state index is 6.25. The molecule has 1 aliphatic heterocycles. The van der Waals surface area contributed by atoms with Gasteiger partial charge < -0.3 is 15.1 Å². The Balaban J connectivity index is 2.23. The molecule has 4 nitrogen and oxygen atoms in total. The van der Waals surface area contributed by atoms with E-state index in [4.69, 9.17) is 10.2 Å². The van der Waals surface area contributed by atoms with E-state index in [0.717, 1.165) is 31.8 Å². The largest absolute Gasteiger partial charge is 0.468 e. The first kappa shape index (κ1) is 14.6. The molecule has 1 aromatic heterocycles. The molecular weight excluding hydrogens is 238 g/mol. The van der Waals surface area contributed by atoms with Gasteiger partial charge in [-0.05, 0) is 45.5 Å². The van der Waals surface area contributed by atoms with Crippen LogP contribution in [0.15, 0.2) is 22.8 Å². The molecule has 3 atom stereocenters. The normalized spacial score (nSPS) is 26.0. The second-order valence-corrected chi connectivity index (χ2v) is 5.74. The number of furan rings is 1. The predicted octanol–water partition coefficient (Wildman–Crippen LogP) is 2.08. The molecule has 1 aromatic rings. The van der Waals surface area contributed by atoms with Crippen molar-refractivity contribution in [1.82, 2.24) is 9.80 Å². The van der Waals surface area contributed by atoms with Gasteiger partial charge in [-0.3, -0.25) is 4.90 Å². The van der Waals surface area contributed by atoms with E-state index >= 15 is 0 Å². The van der Waals surface area contributed by atoms with Crippen molar-refractivity contribution in [2.24, 2.45) is 5.73 Å². The molecule has 0 radical (unpaired) electrons. The first-order valence-electron chi connectivity index (χ1n) is 7.36. The van der Waals surface area contributed by atoms with Crippen molar-refractivity contribution in [2.75, 3.05) is 26.7 Å². The molecule has 3 unspecified atom stereocenters. The molecule has 1 fully saturated rings. The standard InChI is InChI=1S/C15H27N3O/c1-4-13-11-17(3)8-6-9-18(13)15(12(2)16)14-7-5-10-19-14/h5,7,10,12-13,15H,4,6,8-9,11,16H2,1-3H3. The van der Waals surface area contributed by atoms with E-state index < -0.39 is 0 Å². The molecule has 19 heavy (non-hydrogen) atoms. The van der Waals surface area contributed by atoms with Crippen molar-refractivity contribution >= 4 is 0 Å². The van der Waals surface area contributed by atoms with Gasteiger partial charge >= 0.3 is 0 Å². The van der Waals surface area contributed by atoms with Crippen LogP contribution >= 0.6 is 0 Å². The van der Waals surface area contributed by atoms with Gasteiger partial charge in [0.25, 0.3) is 0 Å². The third-order valence-corrected chi connectivity index (χ3v) is 4.11. The Hall–Kier alpha value is -0.840. The molecule has 1 saturated heterocycles. The van der Waals surface area contributed by atoms with Gasteiger partial charge in [-0.2, -0.15) is 0 Å². The van der Waals surface area contributed by atoms with Gasteiger partial charge in [-0.15, -0.1) is 0 Å². The topological polar surface area (TPSA) is 45.6 Å². The predicted molar refractivity (Wildman–Crippen MR) is 78.0 cm³/mol. The molecule has 2 heterocycles. The Morgan fingerprint density at radius 1 is 1.47 bits per heavy atom. The van der Waals surface area contributed by atoms with Crippen molar-refractivity contribution in [2.45, 2.75) is 44.8 Å². The Morgan fingerprint density at radius 2 is 2.26 bits per heavy atom. The smallest absolute Gasteiger partial charge is 0.122 e. The second-order valence-electron chi connectivity index (χ2n) is 5.74. The lowest BCUT2D eigenvalue weighted by atomic mass is 10.0. The highest BCUT2D eigenvalue weighted by Gasteiger charge is 2.32. The zero-order valence-corrected chi connectivity index (χ0v) is 12.4. The summed E-state index contributed by atoms with van der Waals surface area (Å²) in [7, 11) is 2.21. The molecule has 2 rings (SSSR count). The summed E-state index contributed by atoms with van der Waals surface area (Å²) in [4.78, 5) is 4.97. The molecule has 4 heteroatoms. The molecule has 0 aromatic carbocycles. The molecule has 0 bridgehead atoms. The summed E-state index contributed by atoms with van der Waals surface area (Å²) >= 11 is 0. The molecule has 0 spiro atoms. The summed E-state index contributed by atoms with van der Waals surface area (Å²) in [6.07, 6.45) is 4.08. The number of nitrogens with zero attached hydrogens (tertiary/aromatic N) is 2. The van der Waals surface area contributed by atoms with Gasteiger partial charge in [-0.25, -0.2) is 0 Å². The Kier molecular flexibility index (Phi) is 5.02. The lowest BCUT2D eigenvalue weighted by molar-refractivity contribution is 0.0989. The Morgan fingerprint density at radius 3 is 2.84 bits per heavy atom. The van der Waals surface area contributed by atoms with Crippen LogP contribution in [0.5, 0.6) is 0 Å². The Bertz CT molecular complexity index is 363. The van der Waals surface area contributed by atoms with Crippen LogP contribution in [-0.2, 0) is 0 Å². The van der Waals surface area contributed by atoms with Crippen molar-refractivity contribution in [3.63, 3.8) is 0 Å². The first-order chi connectivity index (χ1) is 9.13. The van der Waals surface area contributed by atoms with Crippen LogP contribution < -0.4 is 5.73 Å². The number of nitrogens with two attached hydrogens (primary N) is 1. The average molecular weight is 265 g/mol. The number of hydrogen-bond acceptors (Lipinski definition) is 4. The third-order valence-electron chi connectivity index (χ3n) is 4.11. The highest BCUT2D eigenvalue weighted by atomic mass is 16.3. The van der Waals surface area contributed by atoms with E-state index in [2.05, 4.69) is 36.8 Å². The van der Waals surface area contributed by atoms with Crippen LogP contribution in [0.2, 0.25) is 0 Å². The minimum absolute atomic E-state index is 0.0728. The summed E-state index contributed by atoms with van der Waals surface area (Å²) in [5, 5.41) is 0. The maximum Gasteiger partial charge on any atom is 0.122 e. The van der Waals surface area contributed by atoms with Crippen molar-refractivity contribution in [1.29, 1.82) is 0 Å². The van der Waals surface area contributed by atoms with Crippen molar-refractivity contribution in [3.05, 3.63) is 24.2 Å². The van der Waals surface area contributed by atoms with Gasteiger partial charge in [0.2, 0.25) is 0 Å². The van der Waals surface area contributed by atoms with Gasteiger partial charge in [-0.1, -0.05) is 6.92 Å². The molecule has 1 aliphatic rings. The van der Waals surface area contributed by atoms with Crippen molar-refractivity contribution < 1.29 is 4.42 Å². The fourth-order valence-electron chi connectivity index (χ4n) is 3.18. The third kappa shape index (κ3) is 3.38. The average Bonchev–Trinajstić information content (AvgIpc) is 2.81. The van der Waals surface area contributed by atoms with E-state index in [1.807, 2.05) is 6.07 Å². The molecule has 2 N–H and O–H groups in total. The SMILES string of the molecule is CCC1CN(C)CCCN1C(c1ccco1)C(C)N. The van der Waals surface area contributed by atoms with Crippen LogP contribution in [0.25, 0.3) is 0 Å². The van der Waals surface area contributed by atoms with Gasteiger partial charge in [0.05, 0.1) is 12.3 Å². The molecule has 108 valence electrons. The Labute approximate surface area is 116 Å². The molecule has 0 amide bonds. The van der Waals surface area contributed by atoms with Crippen molar-refractivity contribution in [3.8, 4) is 0 Å². The van der Waals surface area contributed by atoms with Crippen LogP contribution in [0.4, 0.5) is 0 Å². The van der Waals surface area contributed by atoms with Gasteiger partial charge in [0.15, 0.2) is 0 Å². The summed E-state index contributed by atoms with van der Waals surface area (Å²) in [5.41, 5.74) is 6.25. The van der Waals surface area contributed by atoms with Crippen LogP contribution in [0, 0.1) is 0 Å². The second kappa shape index (κ2) is 6.55. The zero-order valence-electron chi connectivity index (χ0n) is 12.4. The highest BCUT2D eigenvalue weighted by molar-refractivity contribution is 5.08. The fourth-order valence-corrected chi connectivity index (χ4v) is 3.18. The molecule has 0 aliphatic carbocycles. The van der Waals surface area contributed by atoms with Crippen LogP contribution in [0.1, 0.15) is 38.5 Å². The lowest BCUT2D eigenvalue weighted by Crippen LogP contribution is -2.47. The quantitative estimate of drug-likeness (QED) is 0.905. The summed E-state index contributed by atoms with van der Waals surface area (Å²) in [5.74, 6) is 0.998. The number of rotatable bonds is 4. The number of likely N-dealkylation sites (N-methyl/N-ethyl adjacent to an activating group) is 1. The molecular formula is C15H27N3O. The molecule has 0 saturated carbocycles. The van der Waals surface area contributed by atoms with E-state index in [1.54, 1.807) is 6.26 Å². The lowest BCUT2D eigenvalue weighted by Gasteiger charge is -2.38. The summed E-state index contributed by atoms with van der Waals surface area (Å²) < 4.78 is 5.64. The van der Waals surface area contributed by atoms with Crippen LogP contribution in [0.3, 0.4) is 0 Å². The number of hydrogen-bond donors (Lipinski definition) is 1. The van der Waals surface area contributed by atoms with E-state index in [0.29, 0.717) is 6.04 Å². The maximum atomic E-state index is 6.25. The fraction of sp³-hybridized carbons (Fsp3) is 0.733.